The molecule has 0 spiro atoms. The maximum atomic E-state index is 12.6. The first-order chi connectivity index (χ1) is 14.3. The highest BCUT2D eigenvalue weighted by Gasteiger charge is 2.52. The summed E-state index contributed by atoms with van der Waals surface area (Å²) in [5.74, 6) is -1.47. The molecule has 2 rings (SSSR count). The zero-order chi connectivity index (χ0) is 22.3. The van der Waals surface area contributed by atoms with E-state index in [-0.39, 0.29) is 51.6 Å². The second-order valence-corrected chi connectivity index (χ2v) is 6.86. The van der Waals surface area contributed by atoms with E-state index in [2.05, 4.69) is 9.68 Å². The Kier molecular flexibility index (Phi) is 10.6. The summed E-state index contributed by atoms with van der Waals surface area (Å²) in [6.45, 7) is 4.11. The zero-order valence-corrected chi connectivity index (χ0v) is 18.1. The zero-order valence-electron chi connectivity index (χ0n) is 17.2. The number of hydrogen-bond acceptors (Lipinski definition) is 12. The van der Waals surface area contributed by atoms with Gasteiger partial charge in [0.2, 0.25) is 0 Å². The minimum atomic E-state index is -1.18. The van der Waals surface area contributed by atoms with E-state index in [4.69, 9.17) is 9.47 Å². The van der Waals surface area contributed by atoms with Gasteiger partial charge in [0.05, 0.1) is 13.2 Å². The van der Waals surface area contributed by atoms with Gasteiger partial charge in [0.1, 0.15) is 24.3 Å². The molecule has 15 heteroatoms. The maximum absolute atomic E-state index is 12.6. The minimum Gasteiger partial charge on any atom is -0.464 e. The molecule has 0 radical (unpaired) electrons. The fourth-order valence-corrected chi connectivity index (χ4v) is 3.64. The van der Waals surface area contributed by atoms with Gasteiger partial charge >= 0.3 is 11.9 Å². The number of hydrazine groups is 1. The van der Waals surface area contributed by atoms with Crippen LogP contribution < -0.4 is 0 Å². The van der Waals surface area contributed by atoms with E-state index in [0.717, 1.165) is 0 Å². The molecule has 0 bridgehead atoms. The lowest BCUT2D eigenvalue weighted by Crippen LogP contribution is -2.57. The van der Waals surface area contributed by atoms with Crippen LogP contribution >= 0.6 is 12.4 Å². The molecular formula is C16H27ClN4O10. The van der Waals surface area contributed by atoms with E-state index < -0.39 is 46.4 Å². The molecule has 2 saturated heterocycles. The highest BCUT2D eigenvalue weighted by atomic mass is 35.5. The Morgan fingerprint density at radius 3 is 1.48 bits per heavy atom. The molecule has 2 aliphatic heterocycles. The van der Waals surface area contributed by atoms with E-state index in [1.165, 1.54) is 10.0 Å². The molecule has 2 heterocycles. The molecule has 31 heavy (non-hydrogen) atoms. The van der Waals surface area contributed by atoms with E-state index in [0.29, 0.717) is 12.8 Å². The topological polar surface area (TPSA) is 164 Å². The summed E-state index contributed by atoms with van der Waals surface area (Å²) in [7, 11) is 0. The molecule has 2 aliphatic rings. The van der Waals surface area contributed by atoms with Gasteiger partial charge in [-0.1, -0.05) is 13.8 Å². The average Bonchev–Trinajstić information content (AvgIpc) is 3.27. The standard InChI is InChI=1S/C16H26N4O10.ClH/c1-3-9-27-15(21)13-11(29-19(23)24)5-7-17(13)18-8-6-12(30-20(25)26)14(18)16(22)28-10-4-2;/h11-14H,3-10H2,1-2H3;1H. The minimum absolute atomic E-state index is 0. The number of halogens is 1. The fraction of sp³-hybridized carbons (Fsp3) is 0.875. The third-order valence-corrected chi connectivity index (χ3v) is 4.78. The van der Waals surface area contributed by atoms with E-state index in [1.54, 1.807) is 13.8 Å². The smallest absolute Gasteiger partial charge is 0.327 e. The van der Waals surface area contributed by atoms with Gasteiger partial charge in [0.15, 0.2) is 0 Å². The SMILES string of the molecule is CCCOC(=O)C1C(O[N+](=O)[O-])CCN1N1CCC(O[N+](=O)[O-])C1C(=O)OCCC.Cl. The molecule has 4 unspecified atom stereocenters. The molecule has 0 saturated carbocycles. The van der Waals surface area contributed by atoms with Crippen molar-refractivity contribution in [3.63, 3.8) is 0 Å². The van der Waals surface area contributed by atoms with Crippen molar-refractivity contribution in [2.45, 2.75) is 63.8 Å². The van der Waals surface area contributed by atoms with Gasteiger partial charge < -0.3 is 19.1 Å². The number of carbonyl (C=O) groups excluding carboxylic acids is 2. The summed E-state index contributed by atoms with van der Waals surface area (Å²) in [4.78, 5) is 56.3. The van der Waals surface area contributed by atoms with Gasteiger partial charge in [-0.3, -0.25) is 9.59 Å². The van der Waals surface area contributed by atoms with Crippen LogP contribution in [0.4, 0.5) is 0 Å². The highest BCUT2D eigenvalue weighted by Crippen LogP contribution is 2.31. The van der Waals surface area contributed by atoms with Crippen LogP contribution in [-0.2, 0) is 28.7 Å². The highest BCUT2D eigenvalue weighted by molar-refractivity contribution is 5.85. The number of nitrogens with zero attached hydrogens (tertiary/aromatic N) is 4. The fourth-order valence-electron chi connectivity index (χ4n) is 3.64. The second kappa shape index (κ2) is 12.4. The van der Waals surface area contributed by atoms with Crippen LogP contribution in [0.3, 0.4) is 0 Å². The van der Waals surface area contributed by atoms with Crippen LogP contribution in [0.2, 0.25) is 0 Å². The number of ether oxygens (including phenoxy) is 2. The first kappa shape index (κ1) is 26.6. The van der Waals surface area contributed by atoms with Crippen molar-refractivity contribution < 1.29 is 38.9 Å². The number of esters is 2. The Bertz CT molecular complexity index is 600. The van der Waals surface area contributed by atoms with Crippen molar-refractivity contribution in [2.24, 2.45) is 0 Å². The lowest BCUT2D eigenvalue weighted by Gasteiger charge is -2.36. The van der Waals surface area contributed by atoms with Gasteiger partial charge in [0, 0.05) is 13.1 Å². The Morgan fingerprint density at radius 2 is 1.19 bits per heavy atom. The van der Waals surface area contributed by atoms with E-state index in [9.17, 15) is 29.8 Å². The molecule has 0 N–H and O–H groups in total. The molecule has 0 aromatic carbocycles. The molecule has 0 amide bonds. The Morgan fingerprint density at radius 1 is 0.839 bits per heavy atom. The Labute approximate surface area is 184 Å². The van der Waals surface area contributed by atoms with Gasteiger partial charge in [-0.05, 0) is 25.7 Å². The summed E-state index contributed by atoms with van der Waals surface area (Å²) in [6, 6.07) is -2.37. The summed E-state index contributed by atoms with van der Waals surface area (Å²) >= 11 is 0. The maximum Gasteiger partial charge on any atom is 0.327 e. The van der Waals surface area contributed by atoms with Crippen LogP contribution in [-0.4, -0.2) is 82.7 Å². The molecular weight excluding hydrogens is 444 g/mol. The number of rotatable bonds is 11. The summed E-state index contributed by atoms with van der Waals surface area (Å²) in [5.41, 5.74) is 0. The Hall–Kier alpha value is -2.45. The lowest BCUT2D eigenvalue weighted by molar-refractivity contribution is -0.769. The largest absolute Gasteiger partial charge is 0.464 e. The predicted molar refractivity (Wildman–Crippen MR) is 104 cm³/mol. The van der Waals surface area contributed by atoms with Crippen molar-refractivity contribution in [3.05, 3.63) is 20.2 Å². The van der Waals surface area contributed by atoms with Gasteiger partial charge in [-0.2, -0.15) is 0 Å². The van der Waals surface area contributed by atoms with Crippen LogP contribution in [0.5, 0.6) is 0 Å². The lowest BCUT2D eigenvalue weighted by atomic mass is 10.1. The summed E-state index contributed by atoms with van der Waals surface area (Å²) in [5, 5.41) is 22.6. The number of carbonyl (C=O) groups is 2. The van der Waals surface area contributed by atoms with Crippen LogP contribution in [0.1, 0.15) is 39.5 Å². The monoisotopic (exact) mass is 470 g/mol. The van der Waals surface area contributed by atoms with Crippen LogP contribution in [0.15, 0.2) is 0 Å². The molecule has 0 aromatic rings. The normalized spacial score (nSPS) is 26.0. The molecule has 178 valence electrons. The van der Waals surface area contributed by atoms with Crippen LogP contribution in [0, 0.1) is 20.2 Å². The van der Waals surface area contributed by atoms with Gasteiger partial charge in [-0.15, -0.1) is 32.6 Å². The van der Waals surface area contributed by atoms with Crippen molar-refractivity contribution in [1.82, 2.24) is 10.0 Å². The van der Waals surface area contributed by atoms with Crippen molar-refractivity contribution in [2.75, 3.05) is 26.3 Å². The molecule has 0 aliphatic carbocycles. The van der Waals surface area contributed by atoms with Crippen molar-refractivity contribution in [3.8, 4) is 0 Å². The quantitative estimate of drug-likeness (QED) is 0.234. The average molecular weight is 471 g/mol. The van der Waals surface area contributed by atoms with Crippen molar-refractivity contribution >= 4 is 24.3 Å². The van der Waals surface area contributed by atoms with E-state index >= 15 is 0 Å². The molecule has 4 atom stereocenters. The molecule has 0 aromatic heterocycles. The number of hydrogen-bond donors (Lipinski definition) is 0. The van der Waals surface area contributed by atoms with Crippen LogP contribution in [0.25, 0.3) is 0 Å². The third-order valence-electron chi connectivity index (χ3n) is 4.78. The molecule has 14 nitrogen and oxygen atoms in total. The van der Waals surface area contributed by atoms with Gasteiger partial charge in [0.25, 0.3) is 10.2 Å². The second-order valence-electron chi connectivity index (χ2n) is 6.86. The van der Waals surface area contributed by atoms with Crippen molar-refractivity contribution in [1.29, 1.82) is 0 Å². The Balaban J connectivity index is 0.00000480. The summed E-state index contributed by atoms with van der Waals surface area (Å²) in [6.07, 6.45) is -0.859. The third kappa shape index (κ3) is 6.77. The molecule has 2 fully saturated rings. The summed E-state index contributed by atoms with van der Waals surface area (Å²) < 4.78 is 10.3. The van der Waals surface area contributed by atoms with E-state index in [1.807, 2.05) is 0 Å². The first-order valence-corrected chi connectivity index (χ1v) is 9.78. The first-order valence-electron chi connectivity index (χ1n) is 9.78. The van der Waals surface area contributed by atoms with Gasteiger partial charge in [-0.25, -0.2) is 10.0 Å². The predicted octanol–water partition coefficient (Wildman–Crippen LogP) is 0.532.